The van der Waals surface area contributed by atoms with Crippen LogP contribution >= 0.6 is 0 Å². The molecule has 2 aromatic rings. The van der Waals surface area contributed by atoms with Crippen LogP contribution in [0.4, 0.5) is 0 Å². The van der Waals surface area contributed by atoms with Crippen LogP contribution in [0, 0.1) is 5.92 Å². The second-order valence-corrected chi connectivity index (χ2v) is 9.34. The van der Waals surface area contributed by atoms with Gasteiger partial charge in [-0.15, -0.1) is 0 Å². The van der Waals surface area contributed by atoms with Crippen molar-refractivity contribution in [3.05, 3.63) is 59.7 Å². The zero-order valence-electron chi connectivity index (χ0n) is 19.0. The highest BCUT2D eigenvalue weighted by Gasteiger charge is 2.12. The number of amides is 2. The predicted molar refractivity (Wildman–Crippen MR) is 125 cm³/mol. The van der Waals surface area contributed by atoms with E-state index < -0.39 is 21.8 Å². The fourth-order valence-corrected chi connectivity index (χ4v) is 3.34. The third-order valence-electron chi connectivity index (χ3n) is 4.56. The second-order valence-electron chi connectivity index (χ2n) is 7.45. The highest BCUT2D eigenvalue weighted by molar-refractivity contribution is 7.89. The Bertz CT molecular complexity index is 1100. The SMILES string of the molecule is CNS(=O)(=O)c1ccc(/C=C/C(=O)NNC(=O)c2ccc(OCCC(C)C)c(OC)c2)cc1. The Morgan fingerprint density at radius 1 is 1.03 bits per heavy atom. The highest BCUT2D eigenvalue weighted by Crippen LogP contribution is 2.28. The highest BCUT2D eigenvalue weighted by atomic mass is 32.2. The van der Waals surface area contributed by atoms with Crippen molar-refractivity contribution in [2.24, 2.45) is 5.92 Å². The molecule has 2 amide bonds. The molecule has 0 unspecified atom stereocenters. The number of hydrogen-bond acceptors (Lipinski definition) is 6. The minimum atomic E-state index is -3.52. The Balaban J connectivity index is 1.92. The summed E-state index contributed by atoms with van der Waals surface area (Å²) in [7, 11) is -0.712. The van der Waals surface area contributed by atoms with Gasteiger partial charge < -0.3 is 9.47 Å². The zero-order chi connectivity index (χ0) is 24.4. The summed E-state index contributed by atoms with van der Waals surface area (Å²) in [4.78, 5) is 24.5. The van der Waals surface area contributed by atoms with Crippen molar-refractivity contribution in [3.8, 4) is 11.5 Å². The molecular weight excluding hydrogens is 446 g/mol. The third kappa shape index (κ3) is 7.92. The molecule has 178 valence electrons. The molecular formula is C23H29N3O6S. The first-order chi connectivity index (χ1) is 15.7. The average Bonchev–Trinajstić information content (AvgIpc) is 2.81. The lowest BCUT2D eigenvalue weighted by molar-refractivity contribution is -0.117. The number of nitrogens with one attached hydrogen (secondary N) is 3. The number of rotatable bonds is 10. The molecule has 0 saturated heterocycles. The van der Waals surface area contributed by atoms with Crippen molar-refractivity contribution in [3.63, 3.8) is 0 Å². The molecule has 0 atom stereocenters. The Morgan fingerprint density at radius 2 is 1.73 bits per heavy atom. The van der Waals surface area contributed by atoms with Gasteiger partial charge in [-0.05, 0) is 61.4 Å². The monoisotopic (exact) mass is 475 g/mol. The fourth-order valence-electron chi connectivity index (χ4n) is 2.61. The maximum absolute atomic E-state index is 12.4. The van der Waals surface area contributed by atoms with Gasteiger partial charge in [-0.2, -0.15) is 0 Å². The van der Waals surface area contributed by atoms with Gasteiger partial charge >= 0.3 is 0 Å². The van der Waals surface area contributed by atoms with Crippen LogP contribution in [0.3, 0.4) is 0 Å². The van der Waals surface area contributed by atoms with Gasteiger partial charge in [0.1, 0.15) is 0 Å². The van der Waals surface area contributed by atoms with Gasteiger partial charge in [0, 0.05) is 11.6 Å². The van der Waals surface area contributed by atoms with Crippen molar-refractivity contribution in [1.29, 1.82) is 0 Å². The van der Waals surface area contributed by atoms with Gasteiger partial charge in [-0.1, -0.05) is 26.0 Å². The van der Waals surface area contributed by atoms with Crippen LogP contribution in [0.25, 0.3) is 6.08 Å². The number of ether oxygens (including phenoxy) is 2. The van der Waals surface area contributed by atoms with Crippen LogP contribution in [0.5, 0.6) is 11.5 Å². The van der Waals surface area contributed by atoms with Gasteiger partial charge in [0.15, 0.2) is 11.5 Å². The Morgan fingerprint density at radius 3 is 2.33 bits per heavy atom. The predicted octanol–water partition coefficient (Wildman–Crippen LogP) is 2.50. The smallest absolute Gasteiger partial charge is 0.269 e. The lowest BCUT2D eigenvalue weighted by Crippen LogP contribution is -2.40. The largest absolute Gasteiger partial charge is 0.493 e. The summed E-state index contributed by atoms with van der Waals surface area (Å²) in [5.41, 5.74) is 5.52. The summed E-state index contributed by atoms with van der Waals surface area (Å²) in [6.45, 7) is 4.74. The number of methoxy groups -OCH3 is 1. The van der Waals surface area contributed by atoms with Crippen molar-refractivity contribution in [1.82, 2.24) is 15.6 Å². The molecule has 0 bridgehead atoms. The molecule has 0 aliphatic carbocycles. The first-order valence-corrected chi connectivity index (χ1v) is 11.8. The standard InChI is InChI=1S/C23H29N3O6S/c1-16(2)13-14-32-20-11-8-18(15-21(20)31-4)23(28)26-25-22(27)12-7-17-5-9-19(10-6-17)33(29,30)24-3/h5-12,15-16,24H,13-14H2,1-4H3,(H,25,27)(H,26,28)/b12-7+. The molecule has 0 spiro atoms. The Kier molecular flexibility index (Phi) is 9.43. The Hall–Kier alpha value is -3.37. The maximum Gasteiger partial charge on any atom is 0.269 e. The van der Waals surface area contributed by atoms with Crippen LogP contribution < -0.4 is 25.0 Å². The molecule has 33 heavy (non-hydrogen) atoms. The molecule has 0 aliphatic heterocycles. The van der Waals surface area contributed by atoms with E-state index in [1.54, 1.807) is 24.3 Å². The summed E-state index contributed by atoms with van der Waals surface area (Å²) < 4.78 is 36.7. The molecule has 0 fully saturated rings. The van der Waals surface area contributed by atoms with E-state index in [1.807, 2.05) is 0 Å². The molecule has 0 radical (unpaired) electrons. The van der Waals surface area contributed by atoms with E-state index in [9.17, 15) is 18.0 Å². The first-order valence-electron chi connectivity index (χ1n) is 10.3. The van der Waals surface area contributed by atoms with E-state index in [-0.39, 0.29) is 10.5 Å². The second kappa shape index (κ2) is 12.0. The van der Waals surface area contributed by atoms with Gasteiger partial charge in [0.05, 0.1) is 18.6 Å². The third-order valence-corrected chi connectivity index (χ3v) is 5.99. The Labute approximate surface area is 194 Å². The molecule has 2 rings (SSSR count). The van der Waals surface area contributed by atoms with Crippen molar-refractivity contribution in [2.75, 3.05) is 20.8 Å². The van der Waals surface area contributed by atoms with E-state index in [2.05, 4.69) is 29.4 Å². The van der Waals surface area contributed by atoms with E-state index in [4.69, 9.17) is 9.47 Å². The number of benzene rings is 2. The minimum absolute atomic E-state index is 0.116. The maximum atomic E-state index is 12.4. The van der Waals surface area contributed by atoms with Crippen LogP contribution in [0.2, 0.25) is 0 Å². The van der Waals surface area contributed by atoms with Gasteiger partial charge in [0.25, 0.3) is 11.8 Å². The van der Waals surface area contributed by atoms with Crippen LogP contribution in [0.15, 0.2) is 53.4 Å². The van der Waals surface area contributed by atoms with Crippen LogP contribution in [0.1, 0.15) is 36.2 Å². The van der Waals surface area contributed by atoms with Crippen molar-refractivity contribution >= 4 is 27.9 Å². The van der Waals surface area contributed by atoms with Crippen molar-refractivity contribution in [2.45, 2.75) is 25.2 Å². The lowest BCUT2D eigenvalue weighted by atomic mass is 10.1. The normalized spacial score (nSPS) is 11.4. The molecule has 0 heterocycles. The van der Waals surface area contributed by atoms with E-state index in [0.717, 1.165) is 6.42 Å². The molecule has 2 aromatic carbocycles. The number of carbonyl (C=O) groups is 2. The number of hydrogen-bond donors (Lipinski definition) is 3. The molecule has 0 saturated carbocycles. The summed E-state index contributed by atoms with van der Waals surface area (Å²) >= 11 is 0. The summed E-state index contributed by atoms with van der Waals surface area (Å²) in [5.74, 6) is 0.380. The fraction of sp³-hybridized carbons (Fsp3) is 0.304. The van der Waals surface area contributed by atoms with Crippen LogP contribution in [-0.4, -0.2) is 41.0 Å². The number of carbonyl (C=O) groups excluding carboxylic acids is 2. The lowest BCUT2D eigenvalue weighted by Gasteiger charge is -2.13. The van der Waals surface area contributed by atoms with Crippen molar-refractivity contribution < 1.29 is 27.5 Å². The van der Waals surface area contributed by atoms with E-state index >= 15 is 0 Å². The number of hydrazine groups is 1. The molecule has 3 N–H and O–H groups in total. The van der Waals surface area contributed by atoms with Crippen LogP contribution in [-0.2, 0) is 14.8 Å². The zero-order valence-corrected chi connectivity index (χ0v) is 19.9. The topological polar surface area (TPSA) is 123 Å². The molecule has 0 aliphatic rings. The van der Waals surface area contributed by atoms with Gasteiger partial charge in [0.2, 0.25) is 10.0 Å². The van der Waals surface area contributed by atoms with E-state index in [0.29, 0.717) is 29.6 Å². The number of sulfonamides is 1. The molecule has 10 heteroatoms. The molecule has 0 aromatic heterocycles. The van der Waals surface area contributed by atoms with Gasteiger partial charge in [-0.3, -0.25) is 20.4 Å². The average molecular weight is 476 g/mol. The van der Waals surface area contributed by atoms with Gasteiger partial charge in [-0.25, -0.2) is 13.1 Å². The first kappa shape index (κ1) is 25.9. The minimum Gasteiger partial charge on any atom is -0.493 e. The summed E-state index contributed by atoms with van der Waals surface area (Å²) in [5, 5.41) is 0. The summed E-state index contributed by atoms with van der Waals surface area (Å²) in [6, 6.07) is 10.7. The molecule has 9 nitrogen and oxygen atoms in total. The quantitative estimate of drug-likeness (QED) is 0.358. The summed E-state index contributed by atoms with van der Waals surface area (Å²) in [6.07, 6.45) is 3.60. The van der Waals surface area contributed by atoms with E-state index in [1.165, 1.54) is 44.5 Å².